The highest BCUT2D eigenvalue weighted by Gasteiger charge is 2.31. The number of ether oxygens (including phenoxy) is 1. The number of hydrogen-bond donors (Lipinski definition) is 2. The summed E-state index contributed by atoms with van der Waals surface area (Å²) >= 11 is 1.28. The molecule has 0 spiro atoms. The van der Waals surface area contributed by atoms with E-state index in [1.165, 1.54) is 47.6 Å². The van der Waals surface area contributed by atoms with Gasteiger partial charge >= 0.3 is 0 Å². The Morgan fingerprint density at radius 1 is 1.09 bits per heavy atom. The molecule has 2 N–H and O–H groups in total. The summed E-state index contributed by atoms with van der Waals surface area (Å²) in [5.74, 6) is -1.62. The summed E-state index contributed by atoms with van der Waals surface area (Å²) in [7, 11) is 1.52. The van der Waals surface area contributed by atoms with Gasteiger partial charge in [-0.05, 0) is 23.3 Å². The standard InChI is InChI=1S/C25H27FN4O4S/c1-34-15-13-27-24(33)23(19-7-9-20(26)10-8-19)30(17-18-5-3-2-4-6-18)22(32)12-11-21(31)29-25-28-14-16-35-25/h2-10,14,16,23H,11-13,15,17H2,1H3,(H,27,33)(H,28,29,31)/t23-/m1/s1. The number of thiazole rings is 1. The van der Waals surface area contributed by atoms with Crippen LogP contribution in [-0.4, -0.2) is 47.9 Å². The number of carbonyl (C=O) groups excluding carboxylic acids is 3. The van der Waals surface area contributed by atoms with Crippen molar-refractivity contribution in [3.8, 4) is 0 Å². The predicted molar refractivity (Wildman–Crippen MR) is 131 cm³/mol. The number of benzene rings is 2. The second-order valence-electron chi connectivity index (χ2n) is 7.63. The van der Waals surface area contributed by atoms with Gasteiger partial charge in [-0.3, -0.25) is 14.4 Å². The van der Waals surface area contributed by atoms with Crippen LogP contribution in [0.5, 0.6) is 0 Å². The molecule has 0 fully saturated rings. The molecule has 0 aliphatic rings. The summed E-state index contributed by atoms with van der Waals surface area (Å²) in [5.41, 5.74) is 1.27. The minimum Gasteiger partial charge on any atom is -0.383 e. The average molecular weight is 499 g/mol. The molecule has 0 saturated heterocycles. The molecule has 0 bridgehead atoms. The zero-order valence-corrected chi connectivity index (χ0v) is 20.1. The van der Waals surface area contributed by atoms with Crippen LogP contribution in [0.2, 0.25) is 0 Å². The van der Waals surface area contributed by atoms with Crippen molar-refractivity contribution in [3.63, 3.8) is 0 Å². The Balaban J connectivity index is 1.85. The number of aromatic nitrogens is 1. The van der Waals surface area contributed by atoms with Crippen LogP contribution in [0.1, 0.15) is 30.0 Å². The Morgan fingerprint density at radius 2 is 1.83 bits per heavy atom. The third-order valence-electron chi connectivity index (χ3n) is 5.11. The maximum atomic E-state index is 13.6. The van der Waals surface area contributed by atoms with Crippen LogP contribution < -0.4 is 10.6 Å². The monoisotopic (exact) mass is 498 g/mol. The lowest BCUT2D eigenvalue weighted by Crippen LogP contribution is -2.44. The molecule has 3 aromatic rings. The molecule has 0 radical (unpaired) electrons. The number of nitrogens with one attached hydrogen (secondary N) is 2. The Labute approximate surface area is 207 Å². The van der Waals surface area contributed by atoms with Gasteiger partial charge in [0.05, 0.1) is 6.61 Å². The molecule has 3 amide bonds. The van der Waals surface area contributed by atoms with E-state index in [2.05, 4.69) is 15.6 Å². The van der Waals surface area contributed by atoms with Crippen molar-refractivity contribution in [1.29, 1.82) is 0 Å². The van der Waals surface area contributed by atoms with Crippen molar-refractivity contribution in [2.75, 3.05) is 25.6 Å². The van der Waals surface area contributed by atoms with Gasteiger partial charge in [0, 0.05) is 44.6 Å². The average Bonchev–Trinajstić information content (AvgIpc) is 3.37. The smallest absolute Gasteiger partial charge is 0.247 e. The summed E-state index contributed by atoms with van der Waals surface area (Å²) in [6, 6.07) is 13.7. The maximum absolute atomic E-state index is 13.6. The number of anilines is 1. The van der Waals surface area contributed by atoms with Crippen LogP contribution in [0.3, 0.4) is 0 Å². The molecule has 1 atom stereocenters. The van der Waals surface area contributed by atoms with Gasteiger partial charge in [0.25, 0.3) is 0 Å². The van der Waals surface area contributed by atoms with Crippen molar-refractivity contribution >= 4 is 34.2 Å². The molecule has 184 valence electrons. The summed E-state index contributed by atoms with van der Waals surface area (Å²) in [4.78, 5) is 44.4. The van der Waals surface area contributed by atoms with E-state index in [0.717, 1.165) is 5.56 Å². The van der Waals surface area contributed by atoms with E-state index in [9.17, 15) is 18.8 Å². The van der Waals surface area contributed by atoms with Crippen molar-refractivity contribution < 1.29 is 23.5 Å². The molecule has 1 aromatic heterocycles. The minimum atomic E-state index is -1.03. The summed E-state index contributed by atoms with van der Waals surface area (Å²) in [5, 5.41) is 7.61. The lowest BCUT2D eigenvalue weighted by molar-refractivity contribution is -0.142. The predicted octanol–water partition coefficient (Wildman–Crippen LogP) is 3.53. The largest absolute Gasteiger partial charge is 0.383 e. The van der Waals surface area contributed by atoms with Crippen molar-refractivity contribution in [1.82, 2.24) is 15.2 Å². The zero-order valence-electron chi connectivity index (χ0n) is 19.3. The van der Waals surface area contributed by atoms with Crippen LogP contribution in [-0.2, 0) is 25.7 Å². The highest BCUT2D eigenvalue weighted by molar-refractivity contribution is 7.13. The van der Waals surface area contributed by atoms with Crippen LogP contribution in [0.4, 0.5) is 9.52 Å². The third-order valence-corrected chi connectivity index (χ3v) is 5.80. The highest BCUT2D eigenvalue weighted by atomic mass is 32.1. The van der Waals surface area contributed by atoms with Crippen molar-refractivity contribution in [2.24, 2.45) is 0 Å². The topological polar surface area (TPSA) is 101 Å². The number of nitrogens with zero attached hydrogens (tertiary/aromatic N) is 2. The second kappa shape index (κ2) is 13.3. The van der Waals surface area contributed by atoms with Crippen LogP contribution in [0, 0.1) is 5.82 Å². The highest BCUT2D eigenvalue weighted by Crippen LogP contribution is 2.25. The summed E-state index contributed by atoms with van der Waals surface area (Å²) in [6.07, 6.45) is 1.38. The normalized spacial score (nSPS) is 11.5. The van der Waals surface area contributed by atoms with Gasteiger partial charge in [-0.25, -0.2) is 9.37 Å². The fourth-order valence-electron chi connectivity index (χ4n) is 3.43. The lowest BCUT2D eigenvalue weighted by Gasteiger charge is -2.31. The van der Waals surface area contributed by atoms with Gasteiger partial charge in [0.15, 0.2) is 5.13 Å². The van der Waals surface area contributed by atoms with E-state index in [1.54, 1.807) is 11.6 Å². The summed E-state index contributed by atoms with van der Waals surface area (Å²) < 4.78 is 18.6. The zero-order chi connectivity index (χ0) is 25.0. The molecule has 1 heterocycles. The fourth-order valence-corrected chi connectivity index (χ4v) is 3.97. The van der Waals surface area contributed by atoms with E-state index >= 15 is 0 Å². The van der Waals surface area contributed by atoms with E-state index in [-0.39, 0.29) is 37.7 Å². The SMILES string of the molecule is COCCNC(=O)[C@@H](c1ccc(F)cc1)N(Cc1ccccc1)C(=O)CCC(=O)Nc1nccs1. The molecular formula is C25H27FN4O4S. The van der Waals surface area contributed by atoms with Gasteiger partial charge in [-0.1, -0.05) is 42.5 Å². The fraction of sp³-hybridized carbons (Fsp3) is 0.280. The van der Waals surface area contributed by atoms with Gasteiger partial charge in [0.2, 0.25) is 17.7 Å². The van der Waals surface area contributed by atoms with Gasteiger partial charge < -0.3 is 20.3 Å². The Bertz CT molecular complexity index is 1090. The molecule has 0 unspecified atom stereocenters. The third kappa shape index (κ3) is 7.97. The number of amides is 3. The van der Waals surface area contributed by atoms with E-state index < -0.39 is 17.8 Å². The quantitative estimate of drug-likeness (QED) is 0.372. The van der Waals surface area contributed by atoms with Gasteiger partial charge in [0.1, 0.15) is 11.9 Å². The lowest BCUT2D eigenvalue weighted by atomic mass is 10.0. The Kier molecular flexibility index (Phi) is 9.88. The van der Waals surface area contributed by atoms with E-state index in [4.69, 9.17) is 4.74 Å². The Hall–Kier alpha value is -3.63. The van der Waals surface area contributed by atoms with E-state index in [0.29, 0.717) is 17.3 Å². The maximum Gasteiger partial charge on any atom is 0.247 e. The second-order valence-corrected chi connectivity index (χ2v) is 8.53. The van der Waals surface area contributed by atoms with Crippen molar-refractivity contribution in [2.45, 2.75) is 25.4 Å². The van der Waals surface area contributed by atoms with Gasteiger partial charge in [-0.2, -0.15) is 0 Å². The molecule has 0 aliphatic carbocycles. The molecule has 10 heteroatoms. The number of rotatable bonds is 12. The molecule has 3 rings (SSSR count). The molecule has 35 heavy (non-hydrogen) atoms. The molecule has 0 aliphatic heterocycles. The van der Waals surface area contributed by atoms with Crippen LogP contribution in [0.15, 0.2) is 66.2 Å². The number of hydrogen-bond acceptors (Lipinski definition) is 6. The number of methoxy groups -OCH3 is 1. The number of carbonyl (C=O) groups is 3. The molecular weight excluding hydrogens is 471 g/mol. The number of halogens is 1. The first-order valence-electron chi connectivity index (χ1n) is 11.0. The molecule has 0 saturated carbocycles. The first-order valence-corrected chi connectivity index (χ1v) is 11.9. The van der Waals surface area contributed by atoms with Crippen LogP contribution >= 0.6 is 11.3 Å². The first kappa shape index (κ1) is 26.0. The molecule has 8 nitrogen and oxygen atoms in total. The van der Waals surface area contributed by atoms with Crippen LogP contribution in [0.25, 0.3) is 0 Å². The van der Waals surface area contributed by atoms with Gasteiger partial charge in [-0.15, -0.1) is 11.3 Å². The van der Waals surface area contributed by atoms with E-state index in [1.807, 2.05) is 30.3 Å². The summed E-state index contributed by atoms with van der Waals surface area (Å²) in [6.45, 7) is 0.676. The molecule has 2 aromatic carbocycles. The van der Waals surface area contributed by atoms with Crippen molar-refractivity contribution in [3.05, 3.63) is 83.1 Å². The minimum absolute atomic E-state index is 0.0782. The first-order chi connectivity index (χ1) is 17.0. The Morgan fingerprint density at radius 3 is 2.49 bits per heavy atom.